The molecule has 0 aliphatic heterocycles. The normalized spacial score (nSPS) is 28.2. The maximum atomic E-state index is 12.3. The molecule has 1 rings (SSSR count). The Bertz CT molecular complexity index is 582. The number of carboxylic acids is 1. The molecule has 0 spiro atoms. The van der Waals surface area contributed by atoms with Crippen molar-refractivity contribution in [3.05, 3.63) is 0 Å². The Morgan fingerprint density at radius 1 is 1.23 bits per heavy atom. The van der Waals surface area contributed by atoms with Gasteiger partial charge in [0.25, 0.3) is 0 Å². The monoisotopic (exact) mass is 373 g/mol. The van der Waals surface area contributed by atoms with Gasteiger partial charge in [0.05, 0.1) is 31.1 Å². The lowest BCUT2D eigenvalue weighted by Gasteiger charge is -2.33. The van der Waals surface area contributed by atoms with Crippen LogP contribution in [0.4, 0.5) is 4.79 Å². The van der Waals surface area contributed by atoms with E-state index in [1.54, 1.807) is 20.8 Å². The number of hydrogen-bond acceptors (Lipinski definition) is 7. The average Bonchev–Trinajstić information content (AvgIpc) is 2.76. The van der Waals surface area contributed by atoms with Gasteiger partial charge in [-0.2, -0.15) is 0 Å². The molecule has 0 aromatic heterocycles. The first-order valence-corrected chi connectivity index (χ1v) is 8.26. The molecule has 9 heteroatoms. The Labute approximate surface area is 152 Å². The Hall–Kier alpha value is -2.32. The van der Waals surface area contributed by atoms with Crippen LogP contribution in [0.25, 0.3) is 0 Å². The molecule has 26 heavy (non-hydrogen) atoms. The maximum Gasteiger partial charge on any atom is 0.407 e. The van der Waals surface area contributed by atoms with Gasteiger partial charge in [0.2, 0.25) is 0 Å². The first-order chi connectivity index (χ1) is 11.8. The van der Waals surface area contributed by atoms with Gasteiger partial charge in [-0.15, -0.1) is 0 Å². The van der Waals surface area contributed by atoms with E-state index in [1.165, 1.54) is 21.0 Å². The summed E-state index contributed by atoms with van der Waals surface area (Å²) < 4.78 is 15.0. The average molecular weight is 373 g/mol. The maximum absolute atomic E-state index is 12.3. The largest absolute Gasteiger partial charge is 0.481 e. The number of amides is 1. The number of hydrogen-bond donors (Lipinski definition) is 2. The van der Waals surface area contributed by atoms with Gasteiger partial charge in [0.1, 0.15) is 5.60 Å². The van der Waals surface area contributed by atoms with Crippen molar-refractivity contribution in [1.82, 2.24) is 5.32 Å². The molecule has 9 nitrogen and oxygen atoms in total. The number of carbonyl (C=O) groups excluding carboxylic acids is 3. The van der Waals surface area contributed by atoms with Crippen molar-refractivity contribution in [2.75, 3.05) is 13.7 Å². The lowest BCUT2D eigenvalue weighted by molar-refractivity contribution is -0.153. The molecule has 1 fully saturated rings. The van der Waals surface area contributed by atoms with Crippen LogP contribution in [0.3, 0.4) is 0 Å². The predicted molar refractivity (Wildman–Crippen MR) is 89.1 cm³/mol. The Morgan fingerprint density at radius 3 is 2.23 bits per heavy atom. The van der Waals surface area contributed by atoms with Crippen LogP contribution in [-0.2, 0) is 28.6 Å². The Morgan fingerprint density at radius 2 is 1.81 bits per heavy atom. The highest BCUT2D eigenvalue weighted by atomic mass is 16.6. The molecule has 2 N–H and O–H groups in total. The fourth-order valence-electron chi connectivity index (χ4n) is 3.28. The Balaban J connectivity index is 3.21. The second kappa shape index (κ2) is 7.92. The molecule has 0 unspecified atom stereocenters. The van der Waals surface area contributed by atoms with Crippen LogP contribution in [-0.4, -0.2) is 54.5 Å². The topological polar surface area (TPSA) is 128 Å². The van der Waals surface area contributed by atoms with Crippen molar-refractivity contribution in [3.63, 3.8) is 0 Å². The summed E-state index contributed by atoms with van der Waals surface area (Å²) in [5, 5.41) is 12.1. The van der Waals surface area contributed by atoms with Gasteiger partial charge in [-0.1, -0.05) is 0 Å². The SMILES string of the molecule is COC(=O)[C@@]1(C)C[C@@H](C(=O)O)[C@@H](COC(C)=O)[C@@H]1NC(=O)OC(C)(C)C. The number of nitrogens with one attached hydrogen (secondary N) is 1. The molecule has 0 radical (unpaired) electrons. The second-order valence-corrected chi connectivity index (χ2v) is 7.65. The molecule has 0 aromatic carbocycles. The molecule has 1 amide bonds. The van der Waals surface area contributed by atoms with Crippen molar-refractivity contribution < 1.29 is 38.5 Å². The number of aliphatic carboxylic acids is 1. The minimum absolute atomic E-state index is 0.0681. The van der Waals surface area contributed by atoms with Crippen molar-refractivity contribution in [1.29, 1.82) is 0 Å². The molecule has 148 valence electrons. The van der Waals surface area contributed by atoms with Crippen molar-refractivity contribution >= 4 is 24.0 Å². The summed E-state index contributed by atoms with van der Waals surface area (Å²) in [6, 6.07) is -0.940. The van der Waals surface area contributed by atoms with Crippen LogP contribution in [0.5, 0.6) is 0 Å². The molecule has 0 saturated heterocycles. The van der Waals surface area contributed by atoms with Gasteiger partial charge < -0.3 is 24.6 Å². The highest BCUT2D eigenvalue weighted by molar-refractivity contribution is 5.82. The summed E-state index contributed by atoms with van der Waals surface area (Å²) in [5.41, 5.74) is -2.08. The van der Waals surface area contributed by atoms with E-state index >= 15 is 0 Å². The molecule has 0 bridgehead atoms. The molecule has 1 aliphatic rings. The van der Waals surface area contributed by atoms with E-state index in [0.717, 1.165) is 0 Å². The minimum Gasteiger partial charge on any atom is -0.481 e. The number of methoxy groups -OCH3 is 1. The molecule has 1 saturated carbocycles. The quantitative estimate of drug-likeness (QED) is 0.546. The highest BCUT2D eigenvalue weighted by Crippen LogP contribution is 2.47. The number of carboxylic acid groups (broad SMARTS) is 1. The van der Waals surface area contributed by atoms with Gasteiger partial charge in [-0.05, 0) is 34.1 Å². The van der Waals surface area contributed by atoms with Crippen LogP contribution in [0.15, 0.2) is 0 Å². The van der Waals surface area contributed by atoms with E-state index in [4.69, 9.17) is 14.2 Å². The van der Waals surface area contributed by atoms with E-state index in [2.05, 4.69) is 5.32 Å². The zero-order valence-corrected chi connectivity index (χ0v) is 16.0. The number of carbonyl (C=O) groups is 4. The summed E-state index contributed by atoms with van der Waals surface area (Å²) >= 11 is 0. The molecule has 0 heterocycles. The summed E-state index contributed by atoms with van der Waals surface area (Å²) in [7, 11) is 1.19. The summed E-state index contributed by atoms with van der Waals surface area (Å²) in [6.07, 6.45) is -0.863. The predicted octanol–water partition coefficient (Wildman–Crippen LogP) is 1.34. The zero-order valence-electron chi connectivity index (χ0n) is 16.0. The number of rotatable bonds is 5. The van der Waals surface area contributed by atoms with Crippen LogP contribution in [0.2, 0.25) is 0 Å². The lowest BCUT2D eigenvalue weighted by atomic mass is 9.82. The van der Waals surface area contributed by atoms with Crippen molar-refractivity contribution in [3.8, 4) is 0 Å². The van der Waals surface area contributed by atoms with E-state index in [1.807, 2.05) is 0 Å². The molecular formula is C17H27NO8. The molecular weight excluding hydrogens is 346 g/mol. The molecule has 0 aromatic rings. The van der Waals surface area contributed by atoms with Crippen LogP contribution in [0, 0.1) is 17.3 Å². The number of ether oxygens (including phenoxy) is 3. The summed E-state index contributed by atoms with van der Waals surface area (Å²) in [6.45, 7) is 7.50. The van der Waals surface area contributed by atoms with Gasteiger partial charge in [0.15, 0.2) is 0 Å². The van der Waals surface area contributed by atoms with E-state index in [0.29, 0.717) is 0 Å². The van der Waals surface area contributed by atoms with Crippen LogP contribution in [0.1, 0.15) is 41.0 Å². The van der Waals surface area contributed by atoms with E-state index in [-0.39, 0.29) is 13.0 Å². The lowest BCUT2D eigenvalue weighted by Crippen LogP contribution is -2.52. The van der Waals surface area contributed by atoms with E-state index < -0.39 is 52.9 Å². The zero-order chi connectivity index (χ0) is 20.3. The molecule has 1 aliphatic carbocycles. The molecule has 4 atom stereocenters. The third-order valence-corrected chi connectivity index (χ3v) is 4.40. The van der Waals surface area contributed by atoms with Gasteiger partial charge in [-0.25, -0.2) is 4.79 Å². The third-order valence-electron chi connectivity index (χ3n) is 4.40. The summed E-state index contributed by atoms with van der Waals surface area (Å²) in [5.74, 6) is -4.20. The smallest absolute Gasteiger partial charge is 0.407 e. The first-order valence-electron chi connectivity index (χ1n) is 8.26. The van der Waals surface area contributed by atoms with Gasteiger partial charge in [-0.3, -0.25) is 14.4 Å². The van der Waals surface area contributed by atoms with Crippen LogP contribution < -0.4 is 5.32 Å². The van der Waals surface area contributed by atoms with E-state index in [9.17, 15) is 24.3 Å². The van der Waals surface area contributed by atoms with Gasteiger partial charge in [0, 0.05) is 12.8 Å². The fourth-order valence-corrected chi connectivity index (χ4v) is 3.28. The third kappa shape index (κ3) is 5.09. The highest BCUT2D eigenvalue weighted by Gasteiger charge is 2.59. The van der Waals surface area contributed by atoms with Crippen molar-refractivity contribution in [2.24, 2.45) is 17.3 Å². The number of alkyl carbamates (subject to hydrolysis) is 1. The first kappa shape index (κ1) is 21.7. The van der Waals surface area contributed by atoms with Crippen LogP contribution >= 0.6 is 0 Å². The van der Waals surface area contributed by atoms with Crippen molar-refractivity contribution in [2.45, 2.75) is 52.7 Å². The second-order valence-electron chi connectivity index (χ2n) is 7.65. The minimum atomic E-state index is -1.31. The summed E-state index contributed by atoms with van der Waals surface area (Å²) in [4.78, 5) is 47.4. The van der Waals surface area contributed by atoms with Gasteiger partial charge >= 0.3 is 24.0 Å². The number of esters is 2. The Kier molecular flexibility index (Phi) is 6.62. The standard InChI is InChI=1S/C17H27NO8/c1-9(19)25-8-11-10(13(20)21)7-17(5,14(22)24-6)12(11)18-15(23)26-16(2,3)4/h10-12H,7-8H2,1-6H3,(H,18,23)(H,20,21)/t10-,11-,12+,17+/m1/s1. The fraction of sp³-hybridized carbons (Fsp3) is 0.765.